The van der Waals surface area contributed by atoms with E-state index < -0.39 is 5.97 Å². The number of carbonyl (C=O) groups is 1. The van der Waals surface area contributed by atoms with E-state index in [0.717, 1.165) is 12.8 Å². The van der Waals surface area contributed by atoms with Crippen LogP contribution in [-0.2, 0) is 9.53 Å². The van der Waals surface area contributed by atoms with Gasteiger partial charge in [0, 0.05) is 0 Å². The quantitative estimate of drug-likeness (QED) is 0.429. The number of hydrogen-bond acceptors (Lipinski definition) is 3. The summed E-state index contributed by atoms with van der Waals surface area (Å²) in [6, 6.07) is 1.74. The third-order valence-electron chi connectivity index (χ3n) is 3.60. The maximum atomic E-state index is 11.6. The van der Waals surface area contributed by atoms with Gasteiger partial charge in [0.15, 0.2) is 0 Å². The fourth-order valence-electron chi connectivity index (χ4n) is 2.50. The van der Waals surface area contributed by atoms with Crippen LogP contribution in [0.25, 0.3) is 0 Å². The minimum absolute atomic E-state index is 0.0589. The Kier molecular flexibility index (Phi) is 4.74. The van der Waals surface area contributed by atoms with Gasteiger partial charge in [0.2, 0.25) is 0 Å². The van der Waals surface area contributed by atoms with Crippen LogP contribution in [0.2, 0.25) is 0 Å². The topological polar surface area (TPSA) is 50.1 Å². The highest BCUT2D eigenvalue weighted by Gasteiger charge is 2.33. The lowest BCUT2D eigenvalue weighted by atomic mass is 9.75. The molecule has 94 valence electrons. The molecule has 3 atom stereocenters. The van der Waals surface area contributed by atoms with Gasteiger partial charge in [-0.15, -0.1) is 0 Å². The van der Waals surface area contributed by atoms with Crippen molar-refractivity contribution in [1.29, 1.82) is 5.26 Å². The van der Waals surface area contributed by atoms with Gasteiger partial charge in [0.05, 0.1) is 0 Å². The van der Waals surface area contributed by atoms with Crippen molar-refractivity contribution in [3.8, 4) is 6.07 Å². The van der Waals surface area contributed by atoms with E-state index in [4.69, 9.17) is 10.00 Å². The van der Waals surface area contributed by atoms with Crippen LogP contribution in [0.5, 0.6) is 0 Å². The van der Waals surface area contributed by atoms with E-state index in [-0.39, 0.29) is 11.7 Å². The Labute approximate surface area is 103 Å². The summed E-state index contributed by atoms with van der Waals surface area (Å²) < 4.78 is 5.43. The van der Waals surface area contributed by atoms with Crippen LogP contribution in [0.1, 0.15) is 40.0 Å². The molecule has 0 amide bonds. The van der Waals surface area contributed by atoms with Gasteiger partial charge in [0.1, 0.15) is 17.7 Å². The van der Waals surface area contributed by atoms with E-state index in [1.165, 1.54) is 6.42 Å². The average molecular weight is 235 g/mol. The smallest absolute Gasteiger partial charge is 0.348 e. The SMILES string of the molecule is C=C(C#N)C(=O)OC1CC(C)CCC1C(C)C. The first-order valence-electron chi connectivity index (χ1n) is 6.25. The summed E-state index contributed by atoms with van der Waals surface area (Å²) >= 11 is 0. The molecule has 1 aliphatic rings. The van der Waals surface area contributed by atoms with Gasteiger partial charge >= 0.3 is 5.97 Å². The predicted molar refractivity (Wildman–Crippen MR) is 66.0 cm³/mol. The molecule has 3 heteroatoms. The number of hydrogen-bond donors (Lipinski definition) is 0. The maximum absolute atomic E-state index is 11.6. The van der Waals surface area contributed by atoms with Crippen molar-refractivity contribution in [3.63, 3.8) is 0 Å². The molecule has 0 aromatic rings. The first-order chi connectivity index (χ1) is 7.95. The van der Waals surface area contributed by atoms with Gasteiger partial charge < -0.3 is 4.74 Å². The highest BCUT2D eigenvalue weighted by molar-refractivity contribution is 5.92. The molecule has 0 aliphatic heterocycles. The molecule has 1 saturated carbocycles. The highest BCUT2D eigenvalue weighted by Crippen LogP contribution is 2.35. The van der Waals surface area contributed by atoms with Crippen LogP contribution >= 0.6 is 0 Å². The van der Waals surface area contributed by atoms with Crippen molar-refractivity contribution < 1.29 is 9.53 Å². The molecular formula is C14H21NO2. The zero-order valence-corrected chi connectivity index (χ0v) is 10.9. The van der Waals surface area contributed by atoms with Crippen molar-refractivity contribution in [2.45, 2.75) is 46.1 Å². The minimum Gasteiger partial charge on any atom is -0.458 e. The summed E-state index contributed by atoms with van der Waals surface area (Å²) in [7, 11) is 0. The van der Waals surface area contributed by atoms with Crippen LogP contribution in [-0.4, -0.2) is 12.1 Å². The van der Waals surface area contributed by atoms with Crippen LogP contribution < -0.4 is 0 Å². The van der Waals surface area contributed by atoms with Crippen LogP contribution in [0, 0.1) is 29.1 Å². The van der Waals surface area contributed by atoms with Crippen LogP contribution in [0.4, 0.5) is 0 Å². The molecule has 0 saturated heterocycles. The summed E-state index contributed by atoms with van der Waals surface area (Å²) in [5.74, 6) is 0.924. The second-order valence-corrected chi connectivity index (χ2v) is 5.36. The number of carbonyl (C=O) groups excluding carboxylic acids is 1. The molecule has 0 spiro atoms. The van der Waals surface area contributed by atoms with Crippen molar-refractivity contribution in [2.75, 3.05) is 0 Å². The molecule has 0 N–H and O–H groups in total. The van der Waals surface area contributed by atoms with E-state index in [1.807, 2.05) is 0 Å². The Morgan fingerprint density at radius 2 is 2.12 bits per heavy atom. The molecule has 0 bridgehead atoms. The van der Waals surface area contributed by atoms with Gasteiger partial charge in [-0.3, -0.25) is 0 Å². The fourth-order valence-corrected chi connectivity index (χ4v) is 2.50. The van der Waals surface area contributed by atoms with E-state index >= 15 is 0 Å². The molecule has 1 aliphatic carbocycles. The molecule has 0 aromatic heterocycles. The zero-order chi connectivity index (χ0) is 13.0. The van der Waals surface area contributed by atoms with E-state index in [2.05, 4.69) is 27.4 Å². The summed E-state index contributed by atoms with van der Waals surface area (Å²) in [5, 5.41) is 8.61. The second-order valence-electron chi connectivity index (χ2n) is 5.36. The average Bonchev–Trinajstić information content (AvgIpc) is 2.27. The third-order valence-corrected chi connectivity index (χ3v) is 3.60. The van der Waals surface area contributed by atoms with Crippen LogP contribution in [0.3, 0.4) is 0 Å². The molecule has 3 nitrogen and oxygen atoms in total. The molecule has 1 fully saturated rings. The third kappa shape index (κ3) is 3.59. The summed E-state index contributed by atoms with van der Waals surface area (Å²) in [4.78, 5) is 11.6. The summed E-state index contributed by atoms with van der Waals surface area (Å²) in [6.45, 7) is 9.88. The standard InChI is InChI=1S/C14H21NO2/c1-9(2)12-6-5-10(3)7-13(12)17-14(16)11(4)8-15/h9-10,12-13H,4-7H2,1-3H3. The van der Waals surface area contributed by atoms with Crippen molar-refractivity contribution in [3.05, 3.63) is 12.2 Å². The predicted octanol–water partition coefficient (Wildman–Crippen LogP) is 3.07. The number of rotatable bonds is 3. The number of esters is 1. The Balaban J connectivity index is 2.67. The monoisotopic (exact) mass is 235 g/mol. The molecule has 0 aromatic carbocycles. The van der Waals surface area contributed by atoms with Gasteiger partial charge in [-0.05, 0) is 30.6 Å². The van der Waals surface area contributed by atoms with Crippen LogP contribution in [0.15, 0.2) is 12.2 Å². The Morgan fingerprint density at radius 1 is 1.47 bits per heavy atom. The number of nitriles is 1. The second kappa shape index (κ2) is 5.86. The lowest BCUT2D eigenvalue weighted by Crippen LogP contribution is -2.36. The van der Waals surface area contributed by atoms with Gasteiger partial charge in [0.25, 0.3) is 0 Å². The zero-order valence-electron chi connectivity index (χ0n) is 10.9. The summed E-state index contributed by atoms with van der Waals surface area (Å²) in [6.07, 6.45) is 3.12. The molecule has 3 unspecified atom stereocenters. The van der Waals surface area contributed by atoms with E-state index in [0.29, 0.717) is 17.8 Å². The highest BCUT2D eigenvalue weighted by atomic mass is 16.5. The maximum Gasteiger partial charge on any atom is 0.348 e. The Morgan fingerprint density at radius 3 is 2.65 bits per heavy atom. The first kappa shape index (κ1) is 13.8. The minimum atomic E-state index is -0.558. The summed E-state index contributed by atoms with van der Waals surface area (Å²) in [5.41, 5.74) is -0.106. The molecule has 0 radical (unpaired) electrons. The Bertz CT molecular complexity index is 341. The first-order valence-corrected chi connectivity index (χ1v) is 6.25. The number of ether oxygens (including phenoxy) is 1. The van der Waals surface area contributed by atoms with Crippen molar-refractivity contribution in [2.24, 2.45) is 17.8 Å². The van der Waals surface area contributed by atoms with Gasteiger partial charge in [-0.25, -0.2) is 4.79 Å². The van der Waals surface area contributed by atoms with Crippen molar-refractivity contribution in [1.82, 2.24) is 0 Å². The normalized spacial score (nSPS) is 28.5. The molecular weight excluding hydrogens is 214 g/mol. The fraction of sp³-hybridized carbons (Fsp3) is 0.714. The molecule has 1 rings (SSSR count). The lowest BCUT2D eigenvalue weighted by molar-refractivity contribution is -0.150. The lowest BCUT2D eigenvalue weighted by Gasteiger charge is -2.36. The largest absolute Gasteiger partial charge is 0.458 e. The Hall–Kier alpha value is -1.30. The molecule has 0 heterocycles. The van der Waals surface area contributed by atoms with Gasteiger partial charge in [-0.2, -0.15) is 5.26 Å². The van der Waals surface area contributed by atoms with E-state index in [9.17, 15) is 4.79 Å². The van der Waals surface area contributed by atoms with Crippen molar-refractivity contribution >= 4 is 5.97 Å². The molecule has 17 heavy (non-hydrogen) atoms. The van der Waals surface area contributed by atoms with Gasteiger partial charge in [-0.1, -0.05) is 33.8 Å². The number of nitrogens with zero attached hydrogens (tertiary/aromatic N) is 1. The van der Waals surface area contributed by atoms with E-state index in [1.54, 1.807) is 6.07 Å².